The first-order valence-electron chi connectivity index (χ1n) is 5.95. The molecule has 1 heterocycles. The lowest BCUT2D eigenvalue weighted by Crippen LogP contribution is -2.21. The highest BCUT2D eigenvalue weighted by Crippen LogP contribution is 2.30. The second-order valence-corrected chi connectivity index (χ2v) is 5.42. The first-order valence-corrected chi connectivity index (χ1v) is 6.74. The molecule has 1 aromatic rings. The van der Waals surface area contributed by atoms with Gasteiger partial charge in [-0.3, -0.25) is 0 Å². The van der Waals surface area contributed by atoms with E-state index in [4.69, 9.17) is 10.5 Å². The van der Waals surface area contributed by atoms with Crippen molar-refractivity contribution in [1.82, 2.24) is 0 Å². The molecule has 2 nitrogen and oxygen atoms in total. The number of benzene rings is 1. The highest BCUT2D eigenvalue weighted by molar-refractivity contribution is 9.10. The summed E-state index contributed by atoms with van der Waals surface area (Å²) in [6, 6.07) is 4.57. The summed E-state index contributed by atoms with van der Waals surface area (Å²) in [6.07, 6.45) is 3.01. The predicted octanol–water partition coefficient (Wildman–Crippen LogP) is 3.40. The third-order valence-electron chi connectivity index (χ3n) is 3.29. The summed E-state index contributed by atoms with van der Waals surface area (Å²) in [4.78, 5) is 0. The van der Waals surface area contributed by atoms with Crippen molar-refractivity contribution in [2.75, 3.05) is 13.2 Å². The van der Waals surface area contributed by atoms with Gasteiger partial charge in [-0.2, -0.15) is 0 Å². The largest absolute Gasteiger partial charge is 0.381 e. The summed E-state index contributed by atoms with van der Waals surface area (Å²) in [5.74, 6) is 0.361. The number of ether oxygens (including phenoxy) is 1. The third kappa shape index (κ3) is 3.50. The molecule has 1 fully saturated rings. The molecule has 0 radical (unpaired) electrons. The maximum absolute atomic E-state index is 13.2. The molecular formula is C13H17BrFNO. The minimum atomic E-state index is -0.231. The van der Waals surface area contributed by atoms with Crippen LogP contribution in [0.5, 0.6) is 0 Å². The SMILES string of the molecule is NC(CC1CCOCC1)c1cc(F)ccc1Br. The van der Waals surface area contributed by atoms with Crippen molar-refractivity contribution in [3.05, 3.63) is 34.1 Å². The zero-order chi connectivity index (χ0) is 12.3. The molecule has 17 heavy (non-hydrogen) atoms. The molecule has 1 aromatic carbocycles. The molecule has 4 heteroatoms. The van der Waals surface area contributed by atoms with E-state index in [1.165, 1.54) is 12.1 Å². The average molecular weight is 302 g/mol. The molecular weight excluding hydrogens is 285 g/mol. The van der Waals surface area contributed by atoms with Gasteiger partial charge in [-0.1, -0.05) is 15.9 Å². The van der Waals surface area contributed by atoms with Crippen LogP contribution in [0, 0.1) is 11.7 Å². The van der Waals surface area contributed by atoms with Crippen LogP contribution in [0.25, 0.3) is 0 Å². The van der Waals surface area contributed by atoms with E-state index in [9.17, 15) is 4.39 Å². The summed E-state index contributed by atoms with van der Waals surface area (Å²) in [5.41, 5.74) is 7.02. The number of halogens is 2. The minimum absolute atomic E-state index is 0.108. The van der Waals surface area contributed by atoms with E-state index >= 15 is 0 Å². The zero-order valence-electron chi connectivity index (χ0n) is 9.66. The smallest absolute Gasteiger partial charge is 0.123 e. The number of hydrogen-bond acceptors (Lipinski definition) is 2. The van der Waals surface area contributed by atoms with Gasteiger partial charge in [0.15, 0.2) is 0 Å². The molecule has 0 amide bonds. The van der Waals surface area contributed by atoms with Gasteiger partial charge in [-0.05, 0) is 48.9 Å². The molecule has 0 saturated carbocycles. The van der Waals surface area contributed by atoms with E-state index in [0.717, 1.165) is 42.5 Å². The van der Waals surface area contributed by atoms with Crippen LogP contribution in [0.1, 0.15) is 30.9 Å². The maximum Gasteiger partial charge on any atom is 0.123 e. The predicted molar refractivity (Wildman–Crippen MR) is 69.2 cm³/mol. The molecule has 0 aliphatic carbocycles. The van der Waals surface area contributed by atoms with Crippen LogP contribution in [0.15, 0.2) is 22.7 Å². The molecule has 1 atom stereocenters. The van der Waals surface area contributed by atoms with Gasteiger partial charge >= 0.3 is 0 Å². The molecule has 2 N–H and O–H groups in total. The Kier molecular flexibility index (Phi) is 4.54. The normalized spacial score (nSPS) is 19.2. The van der Waals surface area contributed by atoms with Crippen molar-refractivity contribution in [2.24, 2.45) is 11.7 Å². The lowest BCUT2D eigenvalue weighted by atomic mass is 9.90. The van der Waals surface area contributed by atoms with Gasteiger partial charge < -0.3 is 10.5 Å². The van der Waals surface area contributed by atoms with Crippen LogP contribution < -0.4 is 5.73 Å². The Morgan fingerprint density at radius 3 is 2.82 bits per heavy atom. The molecule has 1 unspecified atom stereocenters. The fourth-order valence-corrected chi connectivity index (χ4v) is 2.81. The standard InChI is InChI=1S/C13H17BrFNO/c14-12-2-1-10(15)8-11(12)13(16)7-9-3-5-17-6-4-9/h1-2,8-9,13H,3-7,16H2. The van der Waals surface area contributed by atoms with Crippen molar-refractivity contribution in [3.63, 3.8) is 0 Å². The second-order valence-electron chi connectivity index (χ2n) is 4.56. The molecule has 0 spiro atoms. The Hall–Kier alpha value is -0.450. The highest BCUT2D eigenvalue weighted by Gasteiger charge is 2.19. The summed E-state index contributed by atoms with van der Waals surface area (Å²) >= 11 is 3.42. The Bertz CT molecular complexity index is 380. The minimum Gasteiger partial charge on any atom is -0.381 e. The molecule has 2 rings (SSSR count). The monoisotopic (exact) mass is 301 g/mol. The van der Waals surface area contributed by atoms with Gasteiger partial charge in [0.25, 0.3) is 0 Å². The van der Waals surface area contributed by atoms with Gasteiger partial charge in [0.2, 0.25) is 0 Å². The number of rotatable bonds is 3. The number of hydrogen-bond donors (Lipinski definition) is 1. The quantitative estimate of drug-likeness (QED) is 0.928. The Morgan fingerprint density at radius 1 is 1.41 bits per heavy atom. The van der Waals surface area contributed by atoms with Crippen LogP contribution in [0.4, 0.5) is 4.39 Å². The van der Waals surface area contributed by atoms with Crippen molar-refractivity contribution in [3.8, 4) is 0 Å². The molecule has 1 saturated heterocycles. The average Bonchev–Trinajstić information content (AvgIpc) is 2.33. The summed E-state index contributed by atoms with van der Waals surface area (Å²) in [7, 11) is 0. The maximum atomic E-state index is 13.2. The van der Waals surface area contributed by atoms with Gasteiger partial charge in [0.05, 0.1) is 0 Å². The molecule has 0 bridgehead atoms. The van der Waals surface area contributed by atoms with Crippen molar-refractivity contribution >= 4 is 15.9 Å². The van der Waals surface area contributed by atoms with Gasteiger partial charge in [0, 0.05) is 23.7 Å². The van der Waals surface area contributed by atoms with Gasteiger partial charge in [-0.25, -0.2) is 4.39 Å². The molecule has 0 aromatic heterocycles. The van der Waals surface area contributed by atoms with Crippen molar-refractivity contribution < 1.29 is 9.13 Å². The van der Waals surface area contributed by atoms with Crippen LogP contribution in [-0.2, 0) is 4.74 Å². The van der Waals surface area contributed by atoms with E-state index in [-0.39, 0.29) is 11.9 Å². The Morgan fingerprint density at radius 2 is 2.12 bits per heavy atom. The topological polar surface area (TPSA) is 35.2 Å². The second kappa shape index (κ2) is 5.94. The fourth-order valence-electron chi connectivity index (χ4n) is 2.27. The molecule has 1 aliphatic heterocycles. The van der Waals surface area contributed by atoms with Crippen LogP contribution in [0.2, 0.25) is 0 Å². The lowest BCUT2D eigenvalue weighted by Gasteiger charge is -2.25. The van der Waals surface area contributed by atoms with Crippen molar-refractivity contribution in [1.29, 1.82) is 0 Å². The first-order chi connectivity index (χ1) is 8.16. The van der Waals surface area contributed by atoms with Crippen LogP contribution in [-0.4, -0.2) is 13.2 Å². The van der Waals surface area contributed by atoms with Gasteiger partial charge in [0.1, 0.15) is 5.82 Å². The van der Waals surface area contributed by atoms with E-state index in [0.29, 0.717) is 5.92 Å². The molecule has 1 aliphatic rings. The van der Waals surface area contributed by atoms with E-state index in [1.807, 2.05) is 0 Å². The highest BCUT2D eigenvalue weighted by atomic mass is 79.9. The fraction of sp³-hybridized carbons (Fsp3) is 0.538. The first kappa shape index (κ1) is 13.0. The van der Waals surface area contributed by atoms with E-state index in [1.54, 1.807) is 6.07 Å². The summed E-state index contributed by atoms with van der Waals surface area (Å²) < 4.78 is 19.4. The summed E-state index contributed by atoms with van der Waals surface area (Å²) in [5, 5.41) is 0. The number of nitrogens with two attached hydrogens (primary N) is 1. The Balaban J connectivity index is 2.02. The van der Waals surface area contributed by atoms with Crippen LogP contribution >= 0.6 is 15.9 Å². The van der Waals surface area contributed by atoms with E-state index in [2.05, 4.69) is 15.9 Å². The Labute approximate surface area is 109 Å². The molecule has 94 valence electrons. The zero-order valence-corrected chi connectivity index (χ0v) is 11.2. The van der Waals surface area contributed by atoms with E-state index < -0.39 is 0 Å². The summed E-state index contributed by atoms with van der Waals surface area (Å²) in [6.45, 7) is 1.64. The van der Waals surface area contributed by atoms with Gasteiger partial charge in [-0.15, -0.1) is 0 Å². The third-order valence-corrected chi connectivity index (χ3v) is 4.01. The van der Waals surface area contributed by atoms with Crippen molar-refractivity contribution in [2.45, 2.75) is 25.3 Å². The van der Waals surface area contributed by atoms with Crippen LogP contribution in [0.3, 0.4) is 0 Å². The lowest BCUT2D eigenvalue weighted by molar-refractivity contribution is 0.0618.